The van der Waals surface area contributed by atoms with Crippen LogP contribution in [0.2, 0.25) is 0 Å². The van der Waals surface area contributed by atoms with Crippen LogP contribution in [0.25, 0.3) is 0 Å². The monoisotopic (exact) mass is 98.1 g/mol. The van der Waals surface area contributed by atoms with E-state index in [1.165, 1.54) is 0 Å². The molecule has 7 heavy (non-hydrogen) atoms. The molecule has 0 bridgehead atoms. The van der Waals surface area contributed by atoms with Gasteiger partial charge < -0.3 is 10.1 Å². The van der Waals surface area contributed by atoms with E-state index in [2.05, 4.69) is 11.4 Å². The molecule has 0 unspecified atom stereocenters. The Morgan fingerprint density at radius 2 is 2.71 bits per heavy atom. The summed E-state index contributed by atoms with van der Waals surface area (Å²) in [7, 11) is 0. The number of hydrogen-bond acceptors (Lipinski definition) is 2. The summed E-state index contributed by atoms with van der Waals surface area (Å²) in [4.78, 5) is 0. The lowest BCUT2D eigenvalue weighted by Crippen LogP contribution is -2.16. The Kier molecular flexibility index (Phi) is 1.75. The van der Waals surface area contributed by atoms with Gasteiger partial charge in [0, 0.05) is 19.2 Å². The Balaban J connectivity index is 2.20. The molecule has 0 aromatic heterocycles. The van der Waals surface area contributed by atoms with Crippen molar-refractivity contribution in [3.8, 4) is 0 Å². The highest BCUT2D eigenvalue weighted by Gasteiger charge is 1.86. The predicted octanol–water partition coefficient (Wildman–Crippen LogP) is -0.0769. The molecule has 2 nitrogen and oxygen atoms in total. The average Bonchev–Trinajstić information content (AvgIpc) is 1.90. The largest absolute Gasteiger partial charge is 0.500 e. The van der Waals surface area contributed by atoms with E-state index in [0.717, 1.165) is 19.7 Å². The molecule has 1 radical (unpaired) electrons. The molecule has 0 aliphatic carbocycles. The van der Waals surface area contributed by atoms with Crippen LogP contribution < -0.4 is 5.32 Å². The summed E-state index contributed by atoms with van der Waals surface area (Å²) >= 11 is 0. The van der Waals surface area contributed by atoms with E-state index in [4.69, 9.17) is 4.74 Å². The predicted molar refractivity (Wildman–Crippen MR) is 26.6 cm³/mol. The van der Waals surface area contributed by atoms with Crippen LogP contribution in [0.15, 0.2) is 6.26 Å². The van der Waals surface area contributed by atoms with Gasteiger partial charge in [-0.3, -0.25) is 0 Å². The highest BCUT2D eigenvalue weighted by Crippen LogP contribution is 1.78. The Bertz CT molecular complexity index is 62.5. The van der Waals surface area contributed by atoms with Crippen molar-refractivity contribution in [2.75, 3.05) is 19.7 Å². The molecule has 1 aliphatic rings. The van der Waals surface area contributed by atoms with Crippen molar-refractivity contribution in [3.63, 3.8) is 0 Å². The molecule has 0 aromatic carbocycles. The maximum absolute atomic E-state index is 4.90. The van der Waals surface area contributed by atoms with Gasteiger partial charge in [-0.05, 0) is 0 Å². The van der Waals surface area contributed by atoms with Crippen LogP contribution in [0.4, 0.5) is 0 Å². The van der Waals surface area contributed by atoms with Crippen molar-refractivity contribution in [2.24, 2.45) is 0 Å². The van der Waals surface area contributed by atoms with Crippen LogP contribution in [0.1, 0.15) is 0 Å². The molecule has 1 heterocycles. The van der Waals surface area contributed by atoms with Crippen molar-refractivity contribution in [1.29, 1.82) is 0 Å². The summed E-state index contributed by atoms with van der Waals surface area (Å²) in [6.07, 6.45) is 4.50. The lowest BCUT2D eigenvalue weighted by atomic mass is 10.6. The van der Waals surface area contributed by atoms with Gasteiger partial charge in [-0.1, -0.05) is 0 Å². The minimum atomic E-state index is 0.771. The molecule has 0 saturated heterocycles. The third-order valence-electron chi connectivity index (χ3n) is 0.790. The minimum absolute atomic E-state index is 0.771. The third-order valence-corrected chi connectivity index (χ3v) is 0.790. The van der Waals surface area contributed by atoms with Crippen molar-refractivity contribution >= 4 is 0 Å². The first kappa shape index (κ1) is 4.65. The van der Waals surface area contributed by atoms with E-state index in [0.29, 0.717) is 0 Å². The summed E-state index contributed by atoms with van der Waals surface area (Å²) in [5, 5.41) is 3.08. The summed E-state index contributed by atoms with van der Waals surface area (Å²) in [5.74, 6) is 0. The van der Waals surface area contributed by atoms with Crippen LogP contribution in [0.3, 0.4) is 0 Å². The van der Waals surface area contributed by atoms with Gasteiger partial charge in [0.1, 0.15) is 0 Å². The first-order valence-corrected chi connectivity index (χ1v) is 2.37. The van der Waals surface area contributed by atoms with Gasteiger partial charge in [-0.25, -0.2) is 0 Å². The first-order valence-electron chi connectivity index (χ1n) is 2.37. The van der Waals surface area contributed by atoms with E-state index in [-0.39, 0.29) is 0 Å². The molecule has 0 saturated carbocycles. The minimum Gasteiger partial charge on any atom is -0.500 e. The third kappa shape index (κ3) is 1.59. The second kappa shape index (κ2) is 2.64. The van der Waals surface area contributed by atoms with Gasteiger partial charge in [-0.15, -0.1) is 0 Å². The fraction of sp³-hybridized carbons (Fsp3) is 0.600. The number of ether oxygens (including phenoxy) is 1. The molecule has 1 rings (SSSR count). The quantitative estimate of drug-likeness (QED) is 0.457. The number of rotatable bonds is 0. The van der Waals surface area contributed by atoms with Crippen LogP contribution in [-0.4, -0.2) is 19.7 Å². The van der Waals surface area contributed by atoms with Gasteiger partial charge in [-0.2, -0.15) is 0 Å². The highest BCUT2D eigenvalue weighted by atomic mass is 16.5. The van der Waals surface area contributed by atoms with Crippen LogP contribution in [0.5, 0.6) is 0 Å². The van der Waals surface area contributed by atoms with Crippen LogP contribution >= 0.6 is 0 Å². The standard InChI is InChI=1S/C5H8NO/c1-2-6-3-5-7-4-1/h4,6H,2-3,5H2. The Labute approximate surface area is 43.2 Å². The van der Waals surface area contributed by atoms with Crippen LogP contribution in [0, 0.1) is 6.08 Å². The summed E-state index contributed by atoms with van der Waals surface area (Å²) < 4.78 is 4.90. The zero-order chi connectivity index (χ0) is 4.95. The van der Waals surface area contributed by atoms with E-state index < -0.39 is 0 Å². The molecule has 2 heteroatoms. The van der Waals surface area contributed by atoms with Crippen molar-refractivity contribution < 1.29 is 4.74 Å². The Morgan fingerprint density at radius 3 is 3.71 bits per heavy atom. The van der Waals surface area contributed by atoms with Gasteiger partial charge in [0.2, 0.25) is 0 Å². The summed E-state index contributed by atoms with van der Waals surface area (Å²) in [5.41, 5.74) is 0. The Morgan fingerprint density at radius 1 is 1.71 bits per heavy atom. The zero-order valence-electron chi connectivity index (χ0n) is 4.11. The second-order valence-corrected chi connectivity index (χ2v) is 1.37. The van der Waals surface area contributed by atoms with Crippen molar-refractivity contribution in [3.05, 3.63) is 12.3 Å². The molecule has 1 N–H and O–H groups in total. The van der Waals surface area contributed by atoms with Gasteiger partial charge >= 0.3 is 0 Å². The fourth-order valence-electron chi connectivity index (χ4n) is 0.451. The smallest absolute Gasteiger partial charge is 0.0997 e. The van der Waals surface area contributed by atoms with Crippen LogP contribution in [-0.2, 0) is 4.74 Å². The molecule has 0 aromatic rings. The maximum atomic E-state index is 4.90. The second-order valence-electron chi connectivity index (χ2n) is 1.37. The highest BCUT2D eigenvalue weighted by molar-refractivity contribution is 4.69. The van der Waals surface area contributed by atoms with Crippen molar-refractivity contribution in [2.45, 2.75) is 0 Å². The van der Waals surface area contributed by atoms with E-state index in [9.17, 15) is 0 Å². The number of nitrogens with one attached hydrogen (secondary N) is 1. The number of hydrogen-bond donors (Lipinski definition) is 1. The van der Waals surface area contributed by atoms with Gasteiger partial charge in [0.25, 0.3) is 0 Å². The van der Waals surface area contributed by atoms with E-state index >= 15 is 0 Å². The Hall–Kier alpha value is -0.500. The SMILES string of the molecule is [C]1=COCCNC1. The lowest BCUT2D eigenvalue weighted by molar-refractivity contribution is 0.257. The molecule has 0 atom stereocenters. The maximum Gasteiger partial charge on any atom is 0.0997 e. The molecule has 39 valence electrons. The molecule has 0 fully saturated rings. The fourth-order valence-corrected chi connectivity index (χ4v) is 0.451. The molecular weight excluding hydrogens is 90.1 g/mol. The van der Waals surface area contributed by atoms with Gasteiger partial charge in [0.15, 0.2) is 0 Å². The van der Waals surface area contributed by atoms with E-state index in [1.54, 1.807) is 6.26 Å². The molecule has 1 aliphatic heterocycles. The molecule has 0 spiro atoms. The molecule has 0 amide bonds. The summed E-state index contributed by atoms with van der Waals surface area (Å²) in [6, 6.07) is 0. The average molecular weight is 98.1 g/mol. The normalized spacial score (nSPS) is 20.6. The van der Waals surface area contributed by atoms with E-state index in [1.807, 2.05) is 0 Å². The van der Waals surface area contributed by atoms with Gasteiger partial charge in [0.05, 0.1) is 12.9 Å². The molecular formula is C5H8NO. The van der Waals surface area contributed by atoms with Crippen molar-refractivity contribution in [1.82, 2.24) is 5.32 Å². The first-order chi connectivity index (χ1) is 3.50. The summed E-state index contributed by atoms with van der Waals surface area (Å²) in [6.45, 7) is 2.52. The zero-order valence-corrected chi connectivity index (χ0v) is 4.11. The lowest BCUT2D eigenvalue weighted by Gasteiger charge is -1.93. The topological polar surface area (TPSA) is 21.3 Å².